The van der Waals surface area contributed by atoms with Crippen molar-refractivity contribution in [2.24, 2.45) is 0 Å². The van der Waals surface area contributed by atoms with E-state index in [-0.39, 0.29) is 23.6 Å². The molecule has 0 aliphatic heterocycles. The van der Waals surface area contributed by atoms with Gasteiger partial charge < -0.3 is 15.3 Å². The van der Waals surface area contributed by atoms with Crippen LogP contribution in [0.4, 0.5) is 9.18 Å². The van der Waals surface area contributed by atoms with Crippen LogP contribution in [0.25, 0.3) is 0 Å². The zero-order valence-electron chi connectivity index (χ0n) is 14.0. The molecular formula is C19H23FN2O2. The summed E-state index contributed by atoms with van der Waals surface area (Å²) >= 11 is 0. The highest BCUT2D eigenvalue weighted by Gasteiger charge is 2.12. The van der Waals surface area contributed by atoms with Gasteiger partial charge in [-0.2, -0.15) is 0 Å². The van der Waals surface area contributed by atoms with Crippen LogP contribution in [0.2, 0.25) is 0 Å². The topological polar surface area (TPSA) is 52.6 Å². The number of hydrogen-bond donors (Lipinski definition) is 2. The predicted molar refractivity (Wildman–Crippen MR) is 92.3 cm³/mol. The first-order chi connectivity index (χ1) is 11.4. The normalized spacial score (nSPS) is 11.8. The maximum Gasteiger partial charge on any atom is 0.317 e. The molecule has 0 bridgehead atoms. The average molecular weight is 330 g/mol. The molecule has 2 amide bonds. The van der Waals surface area contributed by atoms with E-state index in [2.05, 4.69) is 5.32 Å². The molecule has 0 radical (unpaired) electrons. The van der Waals surface area contributed by atoms with Crippen LogP contribution in [0.3, 0.4) is 0 Å². The molecule has 0 saturated carbocycles. The predicted octanol–water partition coefficient (Wildman–Crippen LogP) is 3.69. The lowest BCUT2D eigenvalue weighted by Gasteiger charge is -2.21. The van der Waals surface area contributed by atoms with E-state index in [4.69, 9.17) is 0 Å². The number of amides is 2. The Hall–Kier alpha value is -2.56. The van der Waals surface area contributed by atoms with Crippen molar-refractivity contribution in [3.63, 3.8) is 0 Å². The second-order valence-corrected chi connectivity index (χ2v) is 6.04. The van der Waals surface area contributed by atoms with Crippen molar-refractivity contribution in [1.82, 2.24) is 10.2 Å². The molecule has 1 atom stereocenters. The minimum atomic E-state index is -0.302. The van der Waals surface area contributed by atoms with Crippen LogP contribution in [0.5, 0.6) is 5.75 Å². The molecule has 0 aromatic heterocycles. The molecule has 0 heterocycles. The molecule has 4 nitrogen and oxygen atoms in total. The number of carbonyl (C=O) groups excluding carboxylic acids is 1. The van der Waals surface area contributed by atoms with E-state index in [9.17, 15) is 14.3 Å². The van der Waals surface area contributed by atoms with Gasteiger partial charge in [-0.05, 0) is 55.2 Å². The summed E-state index contributed by atoms with van der Waals surface area (Å²) in [7, 11) is 1.69. The third kappa shape index (κ3) is 5.57. The third-order valence-electron chi connectivity index (χ3n) is 3.83. The van der Waals surface area contributed by atoms with Gasteiger partial charge in [-0.25, -0.2) is 9.18 Å². The van der Waals surface area contributed by atoms with Gasteiger partial charge in [-0.1, -0.05) is 24.3 Å². The number of phenols is 1. The van der Waals surface area contributed by atoms with Gasteiger partial charge in [0.1, 0.15) is 11.6 Å². The van der Waals surface area contributed by atoms with Gasteiger partial charge in [0.25, 0.3) is 0 Å². The monoisotopic (exact) mass is 330 g/mol. The van der Waals surface area contributed by atoms with E-state index in [1.165, 1.54) is 17.0 Å². The Morgan fingerprint density at radius 1 is 1.21 bits per heavy atom. The molecule has 128 valence electrons. The molecule has 1 unspecified atom stereocenters. The Labute approximate surface area is 141 Å². The Balaban J connectivity index is 1.78. The van der Waals surface area contributed by atoms with E-state index >= 15 is 0 Å². The van der Waals surface area contributed by atoms with E-state index in [0.717, 1.165) is 24.0 Å². The van der Waals surface area contributed by atoms with Crippen molar-refractivity contribution in [1.29, 1.82) is 0 Å². The number of phenolic OH excluding ortho intramolecular Hbond substituents is 1. The highest BCUT2D eigenvalue weighted by atomic mass is 19.1. The summed E-state index contributed by atoms with van der Waals surface area (Å²) in [5, 5.41) is 12.2. The molecule has 24 heavy (non-hydrogen) atoms. The first-order valence-electron chi connectivity index (χ1n) is 7.98. The second kappa shape index (κ2) is 8.34. The zero-order chi connectivity index (χ0) is 17.5. The van der Waals surface area contributed by atoms with Crippen molar-refractivity contribution in [3.05, 3.63) is 65.5 Å². The van der Waals surface area contributed by atoms with E-state index < -0.39 is 0 Å². The Morgan fingerprint density at radius 2 is 1.92 bits per heavy atom. The van der Waals surface area contributed by atoms with Crippen LogP contribution < -0.4 is 5.32 Å². The number of nitrogens with one attached hydrogen (secondary N) is 1. The van der Waals surface area contributed by atoms with Crippen molar-refractivity contribution < 1.29 is 14.3 Å². The molecule has 0 aliphatic carbocycles. The van der Waals surface area contributed by atoms with Gasteiger partial charge in [-0.3, -0.25) is 0 Å². The fraction of sp³-hybridized carbons (Fsp3) is 0.316. The maximum absolute atomic E-state index is 13.2. The van der Waals surface area contributed by atoms with Gasteiger partial charge in [-0.15, -0.1) is 0 Å². The van der Waals surface area contributed by atoms with E-state index in [1.54, 1.807) is 31.3 Å². The maximum atomic E-state index is 13.2. The van der Waals surface area contributed by atoms with Gasteiger partial charge >= 0.3 is 6.03 Å². The molecule has 5 heteroatoms. The van der Waals surface area contributed by atoms with Crippen molar-refractivity contribution in [3.8, 4) is 5.75 Å². The summed E-state index contributed by atoms with van der Waals surface area (Å²) in [6.45, 7) is 2.31. The smallest absolute Gasteiger partial charge is 0.317 e. The number of urea groups is 1. The number of aryl methyl sites for hydroxylation is 1. The first-order valence-corrected chi connectivity index (χ1v) is 7.98. The van der Waals surface area contributed by atoms with Crippen LogP contribution in [0.15, 0.2) is 48.5 Å². The molecule has 2 N–H and O–H groups in total. The highest BCUT2D eigenvalue weighted by molar-refractivity contribution is 5.74. The summed E-state index contributed by atoms with van der Waals surface area (Å²) in [6.07, 6.45) is 1.61. The minimum Gasteiger partial charge on any atom is -0.508 e. The van der Waals surface area contributed by atoms with Gasteiger partial charge in [0.15, 0.2) is 0 Å². The molecule has 2 rings (SSSR count). The van der Waals surface area contributed by atoms with Crippen LogP contribution >= 0.6 is 0 Å². The molecule has 0 spiro atoms. The Kier molecular flexibility index (Phi) is 6.18. The number of nitrogens with zero attached hydrogens (tertiary/aromatic N) is 1. The second-order valence-electron chi connectivity index (χ2n) is 6.04. The first kappa shape index (κ1) is 17.8. The van der Waals surface area contributed by atoms with E-state index in [1.807, 2.05) is 19.1 Å². The van der Waals surface area contributed by atoms with Crippen LogP contribution in [0.1, 0.15) is 24.5 Å². The zero-order valence-corrected chi connectivity index (χ0v) is 14.0. The van der Waals surface area contributed by atoms with Crippen LogP contribution in [0, 0.1) is 5.82 Å². The average Bonchev–Trinajstić information content (AvgIpc) is 2.54. The summed E-state index contributed by atoms with van der Waals surface area (Å²) in [6, 6.07) is 13.1. The molecule has 2 aromatic rings. The third-order valence-corrected chi connectivity index (χ3v) is 3.83. The lowest BCUT2D eigenvalue weighted by atomic mass is 10.1. The number of carbonyl (C=O) groups is 1. The van der Waals surface area contributed by atoms with Crippen molar-refractivity contribution in [2.75, 3.05) is 7.05 Å². The largest absolute Gasteiger partial charge is 0.508 e. The molecule has 0 saturated heterocycles. The molecule has 2 aromatic carbocycles. The summed E-state index contributed by atoms with van der Waals surface area (Å²) in [5.41, 5.74) is 1.87. The quantitative estimate of drug-likeness (QED) is 0.848. The Bertz CT molecular complexity index is 673. The summed E-state index contributed by atoms with van der Waals surface area (Å²) in [5.74, 6) is -0.0531. The number of aromatic hydroxyl groups is 1. The summed E-state index contributed by atoms with van der Waals surface area (Å²) < 4.78 is 13.2. The van der Waals surface area contributed by atoms with Crippen LogP contribution in [-0.2, 0) is 13.0 Å². The highest BCUT2D eigenvalue weighted by Crippen LogP contribution is 2.12. The molecule has 0 aliphatic rings. The lowest BCUT2D eigenvalue weighted by Crippen LogP contribution is -2.41. The lowest BCUT2D eigenvalue weighted by molar-refractivity contribution is 0.203. The minimum absolute atomic E-state index is 0.0151. The van der Waals surface area contributed by atoms with Gasteiger partial charge in [0, 0.05) is 19.6 Å². The van der Waals surface area contributed by atoms with Crippen molar-refractivity contribution in [2.45, 2.75) is 32.4 Å². The Morgan fingerprint density at radius 3 is 2.58 bits per heavy atom. The SMILES string of the molecule is CC(CCc1ccc(O)cc1)NC(=O)N(C)Cc1cccc(F)c1. The molecular weight excluding hydrogens is 307 g/mol. The number of rotatable bonds is 6. The fourth-order valence-electron chi connectivity index (χ4n) is 2.42. The number of hydrogen-bond acceptors (Lipinski definition) is 2. The van der Waals surface area contributed by atoms with Gasteiger partial charge in [0.2, 0.25) is 0 Å². The number of halogens is 1. The summed E-state index contributed by atoms with van der Waals surface area (Å²) in [4.78, 5) is 13.7. The van der Waals surface area contributed by atoms with Crippen molar-refractivity contribution >= 4 is 6.03 Å². The standard InChI is InChI=1S/C19H23FN2O2/c1-14(6-7-15-8-10-18(23)11-9-15)21-19(24)22(2)13-16-4-3-5-17(20)12-16/h3-5,8-12,14,23H,6-7,13H2,1-2H3,(H,21,24). The van der Waals surface area contributed by atoms with E-state index in [0.29, 0.717) is 6.54 Å². The fourth-order valence-corrected chi connectivity index (χ4v) is 2.42. The molecule has 0 fully saturated rings. The number of benzene rings is 2. The van der Waals surface area contributed by atoms with Crippen LogP contribution in [-0.4, -0.2) is 29.1 Å². The van der Waals surface area contributed by atoms with Gasteiger partial charge in [0.05, 0.1) is 0 Å².